The van der Waals surface area contributed by atoms with Crippen molar-refractivity contribution in [2.45, 2.75) is 30.9 Å². The predicted molar refractivity (Wildman–Crippen MR) is 112 cm³/mol. The Morgan fingerprint density at radius 3 is 2.86 bits per heavy atom. The molecule has 0 spiro atoms. The van der Waals surface area contributed by atoms with Gasteiger partial charge in [0.1, 0.15) is 0 Å². The molecule has 1 atom stereocenters. The summed E-state index contributed by atoms with van der Waals surface area (Å²) in [6.07, 6.45) is 0.998. The van der Waals surface area contributed by atoms with Gasteiger partial charge >= 0.3 is 0 Å². The molecule has 9 heteroatoms. The van der Waals surface area contributed by atoms with E-state index >= 15 is 0 Å². The number of benzene rings is 1. The van der Waals surface area contributed by atoms with Gasteiger partial charge in [0.25, 0.3) is 0 Å². The largest absolute Gasteiger partial charge is 0.369 e. The van der Waals surface area contributed by atoms with Crippen molar-refractivity contribution in [1.29, 1.82) is 0 Å². The third kappa shape index (κ3) is 4.53. The molecule has 0 saturated carbocycles. The molecular weight excluding hydrogens is 396 g/mol. The Labute approximate surface area is 171 Å². The molecule has 148 valence electrons. The number of para-hydroxylation sites is 1. The fourth-order valence-corrected chi connectivity index (χ4v) is 4.98. The van der Waals surface area contributed by atoms with Crippen molar-refractivity contribution in [2.75, 3.05) is 22.5 Å². The number of primary amides is 1. The van der Waals surface area contributed by atoms with Crippen LogP contribution in [0.3, 0.4) is 0 Å². The van der Waals surface area contributed by atoms with Crippen molar-refractivity contribution < 1.29 is 14.4 Å². The maximum atomic E-state index is 12.7. The average molecular weight is 419 g/mol. The summed E-state index contributed by atoms with van der Waals surface area (Å²) in [5.74, 6) is -0.929. The highest BCUT2D eigenvalue weighted by molar-refractivity contribution is 8.01. The van der Waals surface area contributed by atoms with Gasteiger partial charge in [-0.25, -0.2) is 4.98 Å². The minimum Gasteiger partial charge on any atom is -0.369 e. The van der Waals surface area contributed by atoms with E-state index in [1.807, 2.05) is 38.1 Å². The lowest BCUT2D eigenvalue weighted by Crippen LogP contribution is -2.28. The molecule has 3 amide bonds. The van der Waals surface area contributed by atoms with E-state index in [9.17, 15) is 14.4 Å². The van der Waals surface area contributed by atoms with Crippen LogP contribution in [0.1, 0.15) is 24.6 Å². The summed E-state index contributed by atoms with van der Waals surface area (Å²) in [6.45, 7) is 4.22. The number of hydrogen-bond acceptors (Lipinski definition) is 6. The predicted octanol–water partition coefficient (Wildman–Crippen LogP) is 2.58. The molecule has 1 unspecified atom stereocenters. The number of amides is 3. The van der Waals surface area contributed by atoms with Crippen LogP contribution in [-0.4, -0.2) is 35.0 Å². The van der Waals surface area contributed by atoms with Crippen LogP contribution in [0.4, 0.5) is 10.8 Å². The van der Waals surface area contributed by atoms with E-state index in [-0.39, 0.29) is 24.0 Å². The third-order valence-corrected chi connectivity index (χ3v) is 6.95. The highest BCUT2D eigenvalue weighted by Crippen LogP contribution is 2.33. The molecule has 7 nitrogen and oxygen atoms in total. The van der Waals surface area contributed by atoms with E-state index in [4.69, 9.17) is 5.73 Å². The van der Waals surface area contributed by atoms with Crippen LogP contribution in [0.2, 0.25) is 0 Å². The van der Waals surface area contributed by atoms with E-state index < -0.39 is 11.8 Å². The van der Waals surface area contributed by atoms with Crippen molar-refractivity contribution in [3.05, 3.63) is 35.5 Å². The number of nitrogens with two attached hydrogens (primary N) is 1. The Bertz CT molecular complexity index is 912. The zero-order valence-corrected chi connectivity index (χ0v) is 17.4. The topological polar surface area (TPSA) is 105 Å². The maximum Gasteiger partial charge on any atom is 0.231 e. The number of anilines is 2. The molecule has 1 saturated heterocycles. The van der Waals surface area contributed by atoms with Crippen LogP contribution in [0.15, 0.2) is 28.5 Å². The minimum absolute atomic E-state index is 0.0472. The van der Waals surface area contributed by atoms with Crippen LogP contribution in [0.25, 0.3) is 0 Å². The number of rotatable bonds is 7. The third-order valence-electron chi connectivity index (χ3n) is 4.49. The second-order valence-corrected chi connectivity index (χ2v) is 8.77. The lowest BCUT2D eigenvalue weighted by atomic mass is 10.1. The van der Waals surface area contributed by atoms with Crippen molar-refractivity contribution in [3.8, 4) is 0 Å². The van der Waals surface area contributed by atoms with Gasteiger partial charge < -0.3 is 16.0 Å². The second kappa shape index (κ2) is 8.74. The van der Waals surface area contributed by atoms with Crippen molar-refractivity contribution in [3.63, 3.8) is 0 Å². The summed E-state index contributed by atoms with van der Waals surface area (Å²) < 4.78 is 0.843. The first-order valence-electron chi connectivity index (χ1n) is 8.96. The summed E-state index contributed by atoms with van der Waals surface area (Å²) in [7, 11) is 0. The normalized spacial score (nSPS) is 16.4. The minimum atomic E-state index is -0.427. The van der Waals surface area contributed by atoms with Gasteiger partial charge in [-0.05, 0) is 25.0 Å². The number of carbonyl (C=O) groups excluding carboxylic acids is 3. The van der Waals surface area contributed by atoms with Gasteiger partial charge in [0.2, 0.25) is 17.7 Å². The molecule has 0 aliphatic carbocycles. The highest BCUT2D eigenvalue weighted by Gasteiger charge is 2.36. The summed E-state index contributed by atoms with van der Waals surface area (Å²) in [4.78, 5) is 42.2. The average Bonchev–Trinajstić information content (AvgIpc) is 3.22. The van der Waals surface area contributed by atoms with Crippen LogP contribution >= 0.6 is 23.1 Å². The number of thioether (sulfide) groups is 1. The first-order valence-corrected chi connectivity index (χ1v) is 10.8. The van der Waals surface area contributed by atoms with Crippen LogP contribution in [0.5, 0.6) is 0 Å². The van der Waals surface area contributed by atoms with Crippen LogP contribution in [-0.2, 0) is 20.8 Å². The summed E-state index contributed by atoms with van der Waals surface area (Å²) in [5, 5.41) is 3.28. The molecule has 3 N–H and O–H groups in total. The van der Waals surface area contributed by atoms with Crippen molar-refractivity contribution >= 4 is 51.6 Å². The fraction of sp³-hybridized carbons (Fsp3) is 0.368. The first kappa shape index (κ1) is 20.3. The Morgan fingerprint density at radius 2 is 2.14 bits per heavy atom. The van der Waals surface area contributed by atoms with E-state index in [0.717, 1.165) is 27.6 Å². The number of carbonyl (C=O) groups is 3. The first-order chi connectivity index (χ1) is 13.4. The second-order valence-electron chi connectivity index (χ2n) is 6.52. The SMILES string of the molecule is CCc1ccccc1N1CC(C(=O)Nc2nc(C)c(SCC(N)=O)s2)CC1=O. The Balaban J connectivity index is 1.67. The molecule has 0 bridgehead atoms. The molecule has 1 aliphatic rings. The number of hydrogen-bond donors (Lipinski definition) is 2. The smallest absolute Gasteiger partial charge is 0.231 e. The number of nitrogens with zero attached hydrogens (tertiary/aromatic N) is 2. The molecule has 1 aromatic carbocycles. The fourth-order valence-electron chi connectivity index (χ4n) is 3.10. The zero-order chi connectivity index (χ0) is 20.3. The summed E-state index contributed by atoms with van der Waals surface area (Å²) in [6, 6.07) is 7.77. The Morgan fingerprint density at radius 1 is 1.39 bits per heavy atom. The van der Waals surface area contributed by atoms with E-state index in [1.54, 1.807) is 4.90 Å². The van der Waals surface area contributed by atoms with Crippen LogP contribution in [0, 0.1) is 12.8 Å². The highest BCUT2D eigenvalue weighted by atomic mass is 32.2. The molecule has 2 heterocycles. The van der Waals surface area contributed by atoms with Gasteiger partial charge in [-0.2, -0.15) is 0 Å². The molecular formula is C19H22N4O3S2. The van der Waals surface area contributed by atoms with Gasteiger partial charge in [-0.1, -0.05) is 36.5 Å². The monoisotopic (exact) mass is 418 g/mol. The number of nitrogens with one attached hydrogen (secondary N) is 1. The summed E-state index contributed by atoms with van der Waals surface area (Å²) in [5.41, 5.74) is 7.88. The van der Waals surface area contributed by atoms with Gasteiger partial charge in [0.05, 0.1) is 21.6 Å². The van der Waals surface area contributed by atoms with Gasteiger partial charge in [-0.15, -0.1) is 11.8 Å². The summed E-state index contributed by atoms with van der Waals surface area (Å²) >= 11 is 2.61. The lowest BCUT2D eigenvalue weighted by molar-refractivity contribution is -0.122. The molecule has 1 aromatic heterocycles. The van der Waals surface area contributed by atoms with Crippen LogP contribution < -0.4 is 16.0 Å². The molecule has 1 aliphatic heterocycles. The van der Waals surface area contributed by atoms with Crippen molar-refractivity contribution in [1.82, 2.24) is 4.98 Å². The van der Waals surface area contributed by atoms with E-state index in [2.05, 4.69) is 10.3 Å². The maximum absolute atomic E-state index is 12.7. The zero-order valence-electron chi connectivity index (χ0n) is 15.7. The quantitative estimate of drug-likeness (QED) is 0.673. The van der Waals surface area contributed by atoms with Gasteiger partial charge in [0, 0.05) is 18.7 Å². The van der Waals surface area contributed by atoms with Crippen molar-refractivity contribution in [2.24, 2.45) is 11.7 Å². The molecule has 28 heavy (non-hydrogen) atoms. The standard InChI is InChI=1S/C19H22N4O3S2/c1-3-12-6-4-5-7-14(12)23-9-13(8-16(23)25)17(26)22-19-21-11(2)18(28-19)27-10-15(20)24/h4-7,13H,3,8-10H2,1-2H3,(H2,20,24)(H,21,22,26). The Hall–Kier alpha value is -2.39. The lowest BCUT2D eigenvalue weighted by Gasteiger charge is -2.19. The van der Waals surface area contributed by atoms with Gasteiger partial charge in [-0.3, -0.25) is 14.4 Å². The van der Waals surface area contributed by atoms with E-state index in [0.29, 0.717) is 11.7 Å². The van der Waals surface area contributed by atoms with Gasteiger partial charge in [0.15, 0.2) is 5.13 Å². The molecule has 2 aromatic rings. The molecule has 1 fully saturated rings. The van der Waals surface area contributed by atoms with E-state index in [1.165, 1.54) is 23.1 Å². The Kier molecular flexibility index (Phi) is 6.35. The number of thiazole rings is 1. The molecule has 0 radical (unpaired) electrons. The number of aromatic nitrogens is 1. The number of aryl methyl sites for hydroxylation is 2. The molecule has 3 rings (SSSR count).